The molecule has 0 radical (unpaired) electrons. The zero-order chi connectivity index (χ0) is 16.0. The second-order valence-corrected chi connectivity index (χ2v) is 5.65. The van der Waals surface area contributed by atoms with Gasteiger partial charge >= 0.3 is 0 Å². The summed E-state index contributed by atoms with van der Waals surface area (Å²) in [5.41, 5.74) is 8.47. The third-order valence-electron chi connectivity index (χ3n) is 4.26. The number of carbonyl (C=O) groups excluding carboxylic acids is 2. The van der Waals surface area contributed by atoms with Gasteiger partial charge in [-0.1, -0.05) is 30.3 Å². The summed E-state index contributed by atoms with van der Waals surface area (Å²) in [6, 6.07) is 12.4. The van der Waals surface area contributed by atoms with Gasteiger partial charge in [-0.15, -0.1) is 0 Å². The average molecular weight is 309 g/mol. The van der Waals surface area contributed by atoms with Crippen molar-refractivity contribution in [1.82, 2.24) is 9.47 Å². The van der Waals surface area contributed by atoms with Crippen LogP contribution >= 0.6 is 0 Å². The lowest BCUT2D eigenvalue weighted by atomic mass is 10.1. The maximum atomic E-state index is 12.9. The molecule has 0 spiro atoms. The van der Waals surface area contributed by atoms with E-state index in [9.17, 15) is 9.59 Å². The highest BCUT2D eigenvalue weighted by Gasteiger charge is 2.37. The molecule has 1 atom stereocenters. The number of furan rings is 1. The third kappa shape index (κ3) is 2.11. The van der Waals surface area contributed by atoms with E-state index in [1.165, 1.54) is 4.90 Å². The van der Waals surface area contributed by atoms with E-state index in [1.54, 1.807) is 23.0 Å². The smallest absolute Gasteiger partial charge is 0.271 e. The normalized spacial score (nSPS) is 17.5. The van der Waals surface area contributed by atoms with Gasteiger partial charge in [-0.2, -0.15) is 0 Å². The Morgan fingerprint density at radius 3 is 2.78 bits per heavy atom. The van der Waals surface area contributed by atoms with Crippen LogP contribution in [0.5, 0.6) is 0 Å². The van der Waals surface area contributed by atoms with Crippen molar-refractivity contribution in [2.75, 3.05) is 0 Å². The molecule has 1 aromatic carbocycles. The first-order valence-corrected chi connectivity index (χ1v) is 7.36. The number of nitrogens with two attached hydrogens (primary N) is 1. The summed E-state index contributed by atoms with van der Waals surface area (Å²) in [6.07, 6.45) is 1.57. The van der Waals surface area contributed by atoms with Crippen molar-refractivity contribution in [2.45, 2.75) is 19.1 Å². The lowest BCUT2D eigenvalue weighted by Crippen LogP contribution is -2.53. The molecule has 23 heavy (non-hydrogen) atoms. The van der Waals surface area contributed by atoms with E-state index < -0.39 is 11.9 Å². The minimum absolute atomic E-state index is 0.213. The highest BCUT2D eigenvalue weighted by molar-refractivity contribution is 6.01. The summed E-state index contributed by atoms with van der Waals surface area (Å²) in [4.78, 5) is 26.3. The van der Waals surface area contributed by atoms with Gasteiger partial charge in [0.05, 0.1) is 18.3 Å². The Morgan fingerprint density at radius 1 is 1.26 bits per heavy atom. The number of carbonyl (C=O) groups is 2. The van der Waals surface area contributed by atoms with Crippen LogP contribution in [0, 0.1) is 0 Å². The Kier molecular flexibility index (Phi) is 2.97. The summed E-state index contributed by atoms with van der Waals surface area (Å²) >= 11 is 0. The van der Waals surface area contributed by atoms with Crippen LogP contribution in [-0.4, -0.2) is 27.3 Å². The molecular formula is C17H15N3O3. The van der Waals surface area contributed by atoms with E-state index in [4.69, 9.17) is 10.2 Å². The topological polar surface area (TPSA) is 81.5 Å². The molecule has 2 amide bonds. The number of primary amides is 1. The van der Waals surface area contributed by atoms with Crippen LogP contribution in [0.2, 0.25) is 0 Å². The lowest BCUT2D eigenvalue weighted by Gasteiger charge is -2.35. The predicted octanol–water partition coefficient (Wildman–Crippen LogP) is 1.74. The molecule has 1 aliphatic heterocycles. The molecular weight excluding hydrogens is 294 g/mol. The summed E-state index contributed by atoms with van der Waals surface area (Å²) in [5.74, 6) is -0.722. The SMILES string of the molecule is NC(=O)C1Cn2c(cc3occc32)C(=O)N1Cc1ccccc1. The van der Waals surface area contributed by atoms with Gasteiger partial charge in [-0.3, -0.25) is 9.59 Å². The summed E-state index contributed by atoms with van der Waals surface area (Å²) in [5, 5.41) is 0. The molecule has 6 nitrogen and oxygen atoms in total. The van der Waals surface area contributed by atoms with Crippen LogP contribution < -0.4 is 5.73 Å². The number of hydrogen-bond donors (Lipinski definition) is 1. The first kappa shape index (κ1) is 13.6. The molecule has 0 aliphatic carbocycles. The van der Waals surface area contributed by atoms with Crippen molar-refractivity contribution in [2.24, 2.45) is 5.73 Å². The first-order valence-electron chi connectivity index (χ1n) is 7.36. The van der Waals surface area contributed by atoms with Gasteiger partial charge < -0.3 is 19.6 Å². The van der Waals surface area contributed by atoms with E-state index in [1.807, 2.05) is 30.3 Å². The van der Waals surface area contributed by atoms with Crippen molar-refractivity contribution in [3.63, 3.8) is 0 Å². The molecule has 2 aromatic heterocycles. The van der Waals surface area contributed by atoms with Gasteiger partial charge in [-0.25, -0.2) is 0 Å². The number of hydrogen-bond acceptors (Lipinski definition) is 3. The van der Waals surface area contributed by atoms with E-state index in [-0.39, 0.29) is 5.91 Å². The van der Waals surface area contributed by atoms with E-state index in [0.717, 1.165) is 11.1 Å². The molecule has 6 heteroatoms. The van der Waals surface area contributed by atoms with Crippen molar-refractivity contribution < 1.29 is 14.0 Å². The fourth-order valence-corrected chi connectivity index (χ4v) is 3.12. The summed E-state index contributed by atoms with van der Waals surface area (Å²) < 4.78 is 7.16. The highest BCUT2D eigenvalue weighted by Crippen LogP contribution is 2.28. The quantitative estimate of drug-likeness (QED) is 0.800. The van der Waals surface area contributed by atoms with E-state index in [0.29, 0.717) is 24.4 Å². The molecule has 0 bridgehead atoms. The Labute approximate surface area is 132 Å². The van der Waals surface area contributed by atoms with Gasteiger partial charge in [-0.05, 0) is 5.56 Å². The van der Waals surface area contributed by atoms with E-state index in [2.05, 4.69) is 0 Å². The maximum absolute atomic E-state index is 12.9. The first-order chi connectivity index (χ1) is 11.1. The zero-order valence-electron chi connectivity index (χ0n) is 12.3. The summed E-state index contributed by atoms with van der Waals surface area (Å²) in [6.45, 7) is 0.687. The predicted molar refractivity (Wildman–Crippen MR) is 83.5 cm³/mol. The van der Waals surface area contributed by atoms with Crippen molar-refractivity contribution in [3.05, 3.63) is 60.0 Å². The standard InChI is InChI=1S/C17H15N3O3/c18-16(21)14-10-19-12-6-7-23-15(12)8-13(19)17(22)20(14)9-11-4-2-1-3-5-11/h1-8,14H,9-10H2,(H2,18,21). The molecule has 116 valence electrons. The number of amides is 2. The Balaban J connectivity index is 1.77. The van der Waals surface area contributed by atoms with Gasteiger partial charge in [0.1, 0.15) is 11.7 Å². The second kappa shape index (κ2) is 5.01. The molecule has 3 heterocycles. The molecule has 1 unspecified atom stereocenters. The Bertz CT molecular complexity index is 894. The molecule has 1 aliphatic rings. The maximum Gasteiger partial charge on any atom is 0.271 e. The minimum Gasteiger partial charge on any atom is -0.463 e. The van der Waals surface area contributed by atoms with Crippen LogP contribution in [-0.2, 0) is 17.9 Å². The number of fused-ring (bicyclic) bond motifs is 3. The molecule has 4 rings (SSSR count). The van der Waals surface area contributed by atoms with Crippen molar-refractivity contribution >= 4 is 22.9 Å². The van der Waals surface area contributed by atoms with Gasteiger partial charge in [0.25, 0.3) is 5.91 Å². The summed E-state index contributed by atoms with van der Waals surface area (Å²) in [7, 11) is 0. The number of benzene rings is 1. The molecule has 0 fully saturated rings. The fourth-order valence-electron chi connectivity index (χ4n) is 3.12. The zero-order valence-corrected chi connectivity index (χ0v) is 12.3. The van der Waals surface area contributed by atoms with Gasteiger partial charge in [0.15, 0.2) is 5.58 Å². The molecule has 2 N–H and O–H groups in total. The molecule has 0 saturated heterocycles. The van der Waals surface area contributed by atoms with Gasteiger partial charge in [0, 0.05) is 18.7 Å². The molecule has 0 saturated carbocycles. The van der Waals surface area contributed by atoms with Crippen molar-refractivity contribution in [1.29, 1.82) is 0 Å². The van der Waals surface area contributed by atoms with Gasteiger partial charge in [0.2, 0.25) is 5.91 Å². The fraction of sp³-hybridized carbons (Fsp3) is 0.176. The Hall–Kier alpha value is -3.02. The van der Waals surface area contributed by atoms with Crippen molar-refractivity contribution in [3.8, 4) is 0 Å². The van der Waals surface area contributed by atoms with Crippen LogP contribution in [0.1, 0.15) is 16.1 Å². The third-order valence-corrected chi connectivity index (χ3v) is 4.26. The molecule has 3 aromatic rings. The van der Waals surface area contributed by atoms with Crippen LogP contribution in [0.3, 0.4) is 0 Å². The monoisotopic (exact) mass is 309 g/mol. The number of rotatable bonds is 3. The highest BCUT2D eigenvalue weighted by atomic mass is 16.3. The largest absolute Gasteiger partial charge is 0.463 e. The minimum atomic E-state index is -0.680. The van der Waals surface area contributed by atoms with E-state index >= 15 is 0 Å². The van der Waals surface area contributed by atoms with Crippen LogP contribution in [0.4, 0.5) is 0 Å². The number of nitrogens with zero attached hydrogens (tertiary/aromatic N) is 2. The lowest BCUT2D eigenvalue weighted by molar-refractivity contribution is -0.123. The number of aromatic nitrogens is 1. The second-order valence-electron chi connectivity index (χ2n) is 5.65. The van der Waals surface area contributed by atoms with Crippen LogP contribution in [0.15, 0.2) is 53.1 Å². The Morgan fingerprint density at radius 2 is 2.04 bits per heavy atom. The van der Waals surface area contributed by atoms with Crippen LogP contribution in [0.25, 0.3) is 11.1 Å². The average Bonchev–Trinajstić information content (AvgIpc) is 3.12.